The fourth-order valence-electron chi connectivity index (χ4n) is 5.60. The van der Waals surface area contributed by atoms with Crippen LogP contribution in [0.5, 0.6) is 0 Å². The molecule has 0 atom stereocenters. The maximum Gasteiger partial charge on any atom is 0.0701 e. The first kappa shape index (κ1) is 50.6. The van der Waals surface area contributed by atoms with Crippen molar-refractivity contribution in [3.05, 3.63) is 0 Å². The Balaban J connectivity index is 3.04. The Kier molecular flexibility index (Phi) is 49.3. The third-order valence-electron chi connectivity index (χ3n) is 8.76. The van der Waals surface area contributed by atoms with Crippen molar-refractivity contribution in [1.29, 1.82) is 0 Å². The van der Waals surface area contributed by atoms with E-state index in [1.54, 1.807) is 0 Å². The highest BCUT2D eigenvalue weighted by Gasteiger charge is 1.98. The second kappa shape index (κ2) is 49.6. The minimum atomic E-state index is 0.544. The van der Waals surface area contributed by atoms with Crippen molar-refractivity contribution in [2.24, 2.45) is 0 Å². The van der Waals surface area contributed by atoms with Crippen molar-refractivity contribution in [2.75, 3.05) is 119 Å². The van der Waals surface area contributed by atoms with Crippen LogP contribution in [-0.4, -0.2) is 119 Å². The molecule has 0 amide bonds. The van der Waals surface area contributed by atoms with Gasteiger partial charge < -0.3 is 42.6 Å². The summed E-state index contributed by atoms with van der Waals surface area (Å²) in [6.07, 6.45) is 29.9. The summed E-state index contributed by atoms with van der Waals surface area (Å²) >= 11 is 0. The molecule has 0 saturated heterocycles. The summed E-state index contributed by atoms with van der Waals surface area (Å²) in [4.78, 5) is 0. The van der Waals surface area contributed by atoms with E-state index >= 15 is 0 Å². The van der Waals surface area contributed by atoms with E-state index in [1.165, 1.54) is 128 Å². The van der Waals surface area contributed by atoms with E-state index in [-0.39, 0.29) is 0 Å². The van der Waals surface area contributed by atoms with Crippen molar-refractivity contribution in [1.82, 2.24) is 0 Å². The normalized spacial score (nSPS) is 11.6. The minimum absolute atomic E-state index is 0.544. The molecular formula is C42H86O9. The molecule has 0 radical (unpaired) electrons. The van der Waals surface area contributed by atoms with Crippen LogP contribution in [0, 0.1) is 0 Å². The molecule has 0 unspecified atom stereocenters. The molecule has 0 heterocycles. The summed E-state index contributed by atoms with van der Waals surface area (Å²) < 4.78 is 50.1. The molecule has 0 saturated carbocycles. The van der Waals surface area contributed by atoms with E-state index in [4.69, 9.17) is 42.6 Å². The van der Waals surface area contributed by atoms with Crippen molar-refractivity contribution < 1.29 is 42.6 Å². The standard InChI is InChI=1S/C42H86O9/c1-3-5-7-9-11-13-14-15-16-17-18-20-22-24-26-44-28-30-46-32-34-48-36-38-50-40-42-51-41-39-49-37-35-47-33-31-45-29-27-43-25-23-21-19-12-10-8-6-4-2/h3-42H2,1-2H3. The van der Waals surface area contributed by atoms with Crippen LogP contribution in [0.2, 0.25) is 0 Å². The molecule has 0 bridgehead atoms. The molecule has 0 fully saturated rings. The quantitative estimate of drug-likeness (QED) is 0.0568. The van der Waals surface area contributed by atoms with Gasteiger partial charge in [0, 0.05) is 13.2 Å². The van der Waals surface area contributed by atoms with E-state index in [0.717, 1.165) is 26.1 Å². The summed E-state index contributed by atoms with van der Waals surface area (Å²) in [5, 5.41) is 0. The fourth-order valence-corrected chi connectivity index (χ4v) is 5.60. The summed E-state index contributed by atoms with van der Waals surface area (Å²) in [7, 11) is 0. The highest BCUT2D eigenvalue weighted by atomic mass is 16.6. The first-order chi connectivity index (χ1) is 25.4. The zero-order chi connectivity index (χ0) is 36.6. The van der Waals surface area contributed by atoms with Crippen LogP contribution in [0.3, 0.4) is 0 Å². The number of rotatable bonds is 48. The van der Waals surface area contributed by atoms with E-state index in [0.29, 0.717) is 106 Å². The number of unbranched alkanes of at least 4 members (excludes halogenated alkanes) is 20. The lowest BCUT2D eigenvalue weighted by Gasteiger charge is -2.09. The van der Waals surface area contributed by atoms with Gasteiger partial charge in [-0.05, 0) is 12.8 Å². The third kappa shape index (κ3) is 49.6. The summed E-state index contributed by atoms with van der Waals surface area (Å²) in [5.41, 5.74) is 0. The first-order valence-electron chi connectivity index (χ1n) is 21.6. The number of ether oxygens (including phenoxy) is 9. The van der Waals surface area contributed by atoms with E-state index < -0.39 is 0 Å². The number of hydrogen-bond acceptors (Lipinski definition) is 9. The van der Waals surface area contributed by atoms with Crippen LogP contribution in [-0.2, 0) is 42.6 Å². The molecule has 0 aliphatic heterocycles. The topological polar surface area (TPSA) is 83.1 Å². The zero-order valence-corrected chi connectivity index (χ0v) is 34.0. The molecule has 0 aromatic carbocycles. The van der Waals surface area contributed by atoms with Gasteiger partial charge in [0.1, 0.15) is 0 Å². The fraction of sp³-hybridized carbons (Fsp3) is 1.00. The molecule has 0 N–H and O–H groups in total. The first-order valence-corrected chi connectivity index (χ1v) is 21.6. The summed E-state index contributed by atoms with van der Waals surface area (Å²) in [5.74, 6) is 0. The van der Waals surface area contributed by atoms with Crippen LogP contribution in [0.25, 0.3) is 0 Å². The van der Waals surface area contributed by atoms with Gasteiger partial charge in [-0.15, -0.1) is 0 Å². The van der Waals surface area contributed by atoms with Gasteiger partial charge >= 0.3 is 0 Å². The second-order valence-corrected chi connectivity index (χ2v) is 13.6. The zero-order valence-electron chi connectivity index (χ0n) is 34.0. The average Bonchev–Trinajstić information content (AvgIpc) is 3.14. The lowest BCUT2D eigenvalue weighted by molar-refractivity contribution is -0.0250. The van der Waals surface area contributed by atoms with Crippen molar-refractivity contribution in [3.63, 3.8) is 0 Å². The predicted molar refractivity (Wildman–Crippen MR) is 210 cm³/mol. The Morgan fingerprint density at radius 1 is 0.157 bits per heavy atom. The van der Waals surface area contributed by atoms with Crippen LogP contribution < -0.4 is 0 Å². The molecule has 0 aliphatic carbocycles. The van der Waals surface area contributed by atoms with Crippen LogP contribution in [0.15, 0.2) is 0 Å². The Hall–Kier alpha value is -0.360. The SMILES string of the molecule is CCCCCCCCCCCCCCCCOCCOCCOCCOCCOCCOCCOCCOCCOCCCCCCCCCC. The predicted octanol–water partition coefficient (Wildman–Crippen LogP) is 9.76. The monoisotopic (exact) mass is 735 g/mol. The molecule has 308 valence electrons. The maximum absolute atomic E-state index is 5.69. The highest BCUT2D eigenvalue weighted by molar-refractivity contribution is 4.50. The van der Waals surface area contributed by atoms with E-state index in [9.17, 15) is 0 Å². The molecule has 9 heteroatoms. The molecule has 0 spiro atoms. The Morgan fingerprint density at radius 2 is 0.294 bits per heavy atom. The van der Waals surface area contributed by atoms with Crippen molar-refractivity contribution >= 4 is 0 Å². The van der Waals surface area contributed by atoms with Crippen LogP contribution in [0.4, 0.5) is 0 Å². The minimum Gasteiger partial charge on any atom is -0.379 e. The van der Waals surface area contributed by atoms with Gasteiger partial charge in [-0.3, -0.25) is 0 Å². The van der Waals surface area contributed by atoms with Gasteiger partial charge in [-0.2, -0.15) is 0 Å². The van der Waals surface area contributed by atoms with E-state index in [1.807, 2.05) is 0 Å². The van der Waals surface area contributed by atoms with E-state index in [2.05, 4.69) is 13.8 Å². The summed E-state index contributed by atoms with van der Waals surface area (Å²) in [6.45, 7) is 15.5. The lowest BCUT2D eigenvalue weighted by Crippen LogP contribution is -2.15. The smallest absolute Gasteiger partial charge is 0.0701 e. The van der Waals surface area contributed by atoms with Gasteiger partial charge in [0.15, 0.2) is 0 Å². The van der Waals surface area contributed by atoms with Crippen LogP contribution in [0.1, 0.15) is 155 Å². The molecule has 0 aromatic rings. The molecule has 0 rings (SSSR count). The Labute approximate surface area is 316 Å². The van der Waals surface area contributed by atoms with Gasteiger partial charge in [-0.1, -0.05) is 142 Å². The Bertz CT molecular complexity index is 537. The molecule has 0 aliphatic rings. The molecule has 9 nitrogen and oxygen atoms in total. The summed E-state index contributed by atoms with van der Waals surface area (Å²) in [6, 6.07) is 0. The second-order valence-electron chi connectivity index (χ2n) is 13.6. The molecule has 51 heavy (non-hydrogen) atoms. The van der Waals surface area contributed by atoms with Crippen molar-refractivity contribution in [2.45, 2.75) is 155 Å². The lowest BCUT2D eigenvalue weighted by atomic mass is 10.0. The Morgan fingerprint density at radius 3 is 0.471 bits per heavy atom. The third-order valence-corrected chi connectivity index (χ3v) is 8.76. The van der Waals surface area contributed by atoms with Crippen LogP contribution >= 0.6 is 0 Å². The highest BCUT2D eigenvalue weighted by Crippen LogP contribution is 2.13. The maximum atomic E-state index is 5.69. The largest absolute Gasteiger partial charge is 0.379 e. The van der Waals surface area contributed by atoms with Gasteiger partial charge in [0.25, 0.3) is 0 Å². The number of hydrogen-bond donors (Lipinski definition) is 0. The van der Waals surface area contributed by atoms with Gasteiger partial charge in [0.2, 0.25) is 0 Å². The average molecular weight is 735 g/mol. The van der Waals surface area contributed by atoms with Gasteiger partial charge in [-0.25, -0.2) is 0 Å². The van der Waals surface area contributed by atoms with Gasteiger partial charge in [0.05, 0.1) is 106 Å². The van der Waals surface area contributed by atoms with Crippen molar-refractivity contribution in [3.8, 4) is 0 Å². The molecule has 0 aromatic heterocycles. The molecular weight excluding hydrogens is 648 g/mol.